The number of rotatable bonds is 7. The van der Waals surface area contributed by atoms with Crippen LogP contribution >= 0.6 is 12.2 Å². The van der Waals surface area contributed by atoms with Crippen LogP contribution in [0.1, 0.15) is 26.7 Å². The molecule has 4 nitrogen and oxygen atoms in total. The normalized spacial score (nSPS) is 15.5. The quantitative estimate of drug-likeness (QED) is 0.640. The van der Waals surface area contributed by atoms with E-state index in [1.54, 1.807) is 0 Å². The third-order valence-electron chi connectivity index (χ3n) is 2.72. The van der Waals surface area contributed by atoms with Gasteiger partial charge >= 0.3 is 0 Å². The van der Waals surface area contributed by atoms with E-state index in [1.807, 2.05) is 18.7 Å². The average Bonchev–Trinajstić information content (AvgIpc) is 2.96. The van der Waals surface area contributed by atoms with Gasteiger partial charge in [-0.05, 0) is 32.6 Å². The maximum absolute atomic E-state index is 11.6. The van der Waals surface area contributed by atoms with Gasteiger partial charge in [-0.1, -0.05) is 12.2 Å². The van der Waals surface area contributed by atoms with Crippen molar-refractivity contribution in [3.05, 3.63) is 0 Å². The molecule has 1 saturated carbocycles. The van der Waals surface area contributed by atoms with Crippen molar-refractivity contribution in [2.24, 2.45) is 11.7 Å². The van der Waals surface area contributed by atoms with Crippen molar-refractivity contribution in [1.82, 2.24) is 10.2 Å². The SMILES string of the molecule is CC(C)N(CC(=O)NCC1CC1)CC(N)=S. The maximum Gasteiger partial charge on any atom is 0.234 e. The highest BCUT2D eigenvalue weighted by molar-refractivity contribution is 7.80. The van der Waals surface area contributed by atoms with Crippen molar-refractivity contribution in [3.8, 4) is 0 Å². The molecule has 0 unspecified atom stereocenters. The Morgan fingerprint density at radius 2 is 2.12 bits per heavy atom. The van der Waals surface area contributed by atoms with Gasteiger partial charge in [0.25, 0.3) is 0 Å². The van der Waals surface area contributed by atoms with E-state index in [9.17, 15) is 4.79 Å². The summed E-state index contributed by atoms with van der Waals surface area (Å²) < 4.78 is 0. The molecule has 0 radical (unpaired) electrons. The molecule has 1 fully saturated rings. The zero-order valence-corrected chi connectivity index (χ0v) is 10.8. The molecule has 92 valence electrons. The molecular weight excluding hydrogens is 222 g/mol. The van der Waals surface area contributed by atoms with E-state index >= 15 is 0 Å². The molecule has 1 aliphatic carbocycles. The van der Waals surface area contributed by atoms with Gasteiger partial charge in [0.15, 0.2) is 0 Å². The van der Waals surface area contributed by atoms with Crippen LogP contribution in [0.15, 0.2) is 0 Å². The average molecular weight is 243 g/mol. The Morgan fingerprint density at radius 1 is 1.50 bits per heavy atom. The van der Waals surface area contributed by atoms with Crippen LogP contribution in [0.5, 0.6) is 0 Å². The first-order chi connectivity index (χ1) is 7.49. The number of thiocarbonyl (C=S) groups is 1. The van der Waals surface area contributed by atoms with Crippen molar-refractivity contribution in [2.75, 3.05) is 19.6 Å². The van der Waals surface area contributed by atoms with E-state index < -0.39 is 0 Å². The van der Waals surface area contributed by atoms with E-state index in [0.29, 0.717) is 24.0 Å². The smallest absolute Gasteiger partial charge is 0.234 e. The first-order valence-corrected chi connectivity index (χ1v) is 6.19. The number of nitrogens with zero attached hydrogens (tertiary/aromatic N) is 1. The van der Waals surface area contributed by atoms with E-state index in [2.05, 4.69) is 5.32 Å². The fourth-order valence-corrected chi connectivity index (χ4v) is 1.61. The first-order valence-electron chi connectivity index (χ1n) is 5.78. The lowest BCUT2D eigenvalue weighted by Gasteiger charge is -2.25. The number of carbonyl (C=O) groups is 1. The number of hydrogen-bond acceptors (Lipinski definition) is 3. The van der Waals surface area contributed by atoms with Crippen LogP contribution in [-0.2, 0) is 4.79 Å². The van der Waals surface area contributed by atoms with E-state index in [-0.39, 0.29) is 11.9 Å². The largest absolute Gasteiger partial charge is 0.392 e. The van der Waals surface area contributed by atoms with Gasteiger partial charge in [0, 0.05) is 19.1 Å². The number of carbonyl (C=O) groups excluding carboxylic acids is 1. The van der Waals surface area contributed by atoms with E-state index in [0.717, 1.165) is 6.54 Å². The molecule has 1 amide bonds. The van der Waals surface area contributed by atoms with Gasteiger partial charge in [-0.15, -0.1) is 0 Å². The molecule has 1 aliphatic rings. The predicted octanol–water partition coefficient (Wildman–Crippen LogP) is 0.509. The summed E-state index contributed by atoms with van der Waals surface area (Å²) in [5.74, 6) is 0.781. The Morgan fingerprint density at radius 3 is 2.56 bits per heavy atom. The molecule has 16 heavy (non-hydrogen) atoms. The van der Waals surface area contributed by atoms with Gasteiger partial charge in [0.1, 0.15) is 0 Å². The van der Waals surface area contributed by atoms with E-state index in [4.69, 9.17) is 18.0 Å². The number of amides is 1. The lowest BCUT2D eigenvalue weighted by Crippen LogP contribution is -2.44. The molecule has 0 bridgehead atoms. The monoisotopic (exact) mass is 243 g/mol. The molecule has 0 aliphatic heterocycles. The fourth-order valence-electron chi connectivity index (χ4n) is 1.44. The molecule has 0 atom stereocenters. The number of hydrogen-bond donors (Lipinski definition) is 2. The molecular formula is C11H21N3OS. The fraction of sp³-hybridized carbons (Fsp3) is 0.818. The minimum Gasteiger partial charge on any atom is -0.392 e. The Hall–Kier alpha value is -0.680. The second-order valence-electron chi connectivity index (χ2n) is 4.71. The Bertz CT molecular complexity index is 264. The molecule has 0 heterocycles. The summed E-state index contributed by atoms with van der Waals surface area (Å²) in [6.45, 7) is 5.77. The van der Waals surface area contributed by atoms with Gasteiger partial charge in [0.2, 0.25) is 5.91 Å². The highest BCUT2D eigenvalue weighted by Crippen LogP contribution is 2.27. The molecule has 0 aromatic rings. The number of nitrogens with two attached hydrogens (primary N) is 1. The molecule has 5 heteroatoms. The highest BCUT2D eigenvalue weighted by Gasteiger charge is 2.22. The third-order valence-corrected chi connectivity index (χ3v) is 2.85. The van der Waals surface area contributed by atoms with Crippen LogP contribution < -0.4 is 11.1 Å². The maximum atomic E-state index is 11.6. The molecule has 0 saturated heterocycles. The predicted molar refractivity (Wildman–Crippen MR) is 69.2 cm³/mol. The summed E-state index contributed by atoms with van der Waals surface area (Å²) in [6, 6.07) is 0.271. The van der Waals surface area contributed by atoms with Gasteiger partial charge < -0.3 is 11.1 Å². The van der Waals surface area contributed by atoms with Crippen molar-refractivity contribution in [3.63, 3.8) is 0 Å². The second kappa shape index (κ2) is 6.15. The summed E-state index contributed by atoms with van der Waals surface area (Å²) in [6.07, 6.45) is 2.50. The first kappa shape index (κ1) is 13.4. The van der Waals surface area contributed by atoms with Crippen LogP contribution in [0.2, 0.25) is 0 Å². The van der Waals surface area contributed by atoms with Gasteiger partial charge in [-0.3, -0.25) is 9.69 Å². The molecule has 0 spiro atoms. The Balaban J connectivity index is 2.27. The van der Waals surface area contributed by atoms with Gasteiger partial charge in [-0.25, -0.2) is 0 Å². The van der Waals surface area contributed by atoms with Crippen LogP contribution in [0.4, 0.5) is 0 Å². The lowest BCUT2D eigenvalue weighted by atomic mass is 10.3. The standard InChI is InChI=1S/C11H21N3OS/c1-8(2)14(6-10(12)16)7-11(15)13-5-9-3-4-9/h8-9H,3-7H2,1-2H3,(H2,12,16)(H,13,15). The minimum absolute atomic E-state index is 0.0665. The Labute approximate surface area is 103 Å². The van der Waals surface area contributed by atoms with Crippen LogP contribution in [0.3, 0.4) is 0 Å². The second-order valence-corrected chi connectivity index (χ2v) is 5.24. The summed E-state index contributed by atoms with van der Waals surface area (Å²) in [5.41, 5.74) is 5.50. The van der Waals surface area contributed by atoms with Crippen molar-refractivity contribution >= 4 is 23.1 Å². The van der Waals surface area contributed by atoms with Crippen molar-refractivity contribution < 1.29 is 4.79 Å². The van der Waals surface area contributed by atoms with Crippen LogP contribution in [-0.4, -0.2) is 41.5 Å². The summed E-state index contributed by atoms with van der Waals surface area (Å²) in [4.78, 5) is 14.0. The summed E-state index contributed by atoms with van der Waals surface area (Å²) in [5, 5.41) is 2.94. The van der Waals surface area contributed by atoms with Gasteiger partial charge in [0.05, 0.1) is 11.5 Å². The third kappa shape index (κ3) is 5.42. The molecule has 1 rings (SSSR count). The Kier molecular flexibility index (Phi) is 5.15. The molecule has 0 aromatic heterocycles. The van der Waals surface area contributed by atoms with Crippen LogP contribution in [0.25, 0.3) is 0 Å². The van der Waals surface area contributed by atoms with Crippen molar-refractivity contribution in [1.29, 1.82) is 0 Å². The number of nitrogens with one attached hydrogen (secondary N) is 1. The van der Waals surface area contributed by atoms with Crippen LogP contribution in [0, 0.1) is 5.92 Å². The van der Waals surface area contributed by atoms with Gasteiger partial charge in [-0.2, -0.15) is 0 Å². The van der Waals surface area contributed by atoms with Crippen molar-refractivity contribution in [2.45, 2.75) is 32.7 Å². The summed E-state index contributed by atoms with van der Waals surface area (Å²) >= 11 is 4.86. The topological polar surface area (TPSA) is 58.4 Å². The highest BCUT2D eigenvalue weighted by atomic mass is 32.1. The zero-order valence-electron chi connectivity index (χ0n) is 10.0. The lowest BCUT2D eigenvalue weighted by molar-refractivity contribution is -0.122. The molecule has 3 N–H and O–H groups in total. The minimum atomic E-state index is 0.0665. The zero-order chi connectivity index (χ0) is 12.1. The van der Waals surface area contributed by atoms with E-state index in [1.165, 1.54) is 12.8 Å². The molecule has 0 aromatic carbocycles. The summed E-state index contributed by atoms with van der Waals surface area (Å²) in [7, 11) is 0.